The van der Waals surface area contributed by atoms with Crippen LogP contribution < -0.4 is 15.2 Å². The quantitative estimate of drug-likeness (QED) is 0.676. The van der Waals surface area contributed by atoms with Crippen LogP contribution in [-0.2, 0) is 16.6 Å². The van der Waals surface area contributed by atoms with E-state index in [1.165, 1.54) is 0 Å². The Hall–Kier alpha value is -1.62. The molecule has 0 bridgehead atoms. The smallest absolute Gasteiger partial charge is 0.210 e. The van der Waals surface area contributed by atoms with E-state index < -0.39 is 10.0 Å². The number of nitriles is 1. The number of primary sulfonamides is 1. The van der Waals surface area contributed by atoms with E-state index in [2.05, 4.69) is 5.32 Å². The van der Waals surface area contributed by atoms with E-state index >= 15 is 0 Å². The van der Waals surface area contributed by atoms with Gasteiger partial charge in [0.2, 0.25) is 10.0 Å². The highest BCUT2D eigenvalue weighted by Gasteiger charge is 2.01. The Labute approximate surface area is 106 Å². The first-order valence-corrected chi connectivity index (χ1v) is 7.03. The number of hydrogen-bond donors (Lipinski definition) is 2. The summed E-state index contributed by atoms with van der Waals surface area (Å²) < 4.78 is 26.6. The number of nitrogens with two attached hydrogens (primary N) is 1. The van der Waals surface area contributed by atoms with E-state index in [1.54, 1.807) is 12.1 Å². The standard InChI is InChI=1S/C11H15N3O3S/c12-4-6-17-11-3-1-2-10(8-11)9-14-5-7-18(13,15)16/h1-3,8,14H,5-7,9H2,(H2,13,15,16). The maximum Gasteiger partial charge on any atom is 0.210 e. The minimum Gasteiger partial charge on any atom is -0.479 e. The summed E-state index contributed by atoms with van der Waals surface area (Å²) in [5, 5.41) is 16.2. The van der Waals surface area contributed by atoms with Gasteiger partial charge in [0, 0.05) is 13.1 Å². The first-order valence-electron chi connectivity index (χ1n) is 5.31. The van der Waals surface area contributed by atoms with E-state index in [-0.39, 0.29) is 12.4 Å². The fourth-order valence-electron chi connectivity index (χ4n) is 1.31. The molecule has 1 aromatic carbocycles. The van der Waals surface area contributed by atoms with Crippen LogP contribution >= 0.6 is 0 Å². The molecule has 0 aromatic heterocycles. The molecule has 1 rings (SSSR count). The highest BCUT2D eigenvalue weighted by Crippen LogP contribution is 2.12. The summed E-state index contributed by atoms with van der Waals surface area (Å²) in [5.41, 5.74) is 0.944. The number of ether oxygens (including phenoxy) is 1. The molecule has 7 heteroatoms. The third kappa shape index (κ3) is 6.20. The number of sulfonamides is 1. The van der Waals surface area contributed by atoms with Gasteiger partial charge in [-0.2, -0.15) is 5.26 Å². The molecule has 0 aliphatic heterocycles. The molecule has 98 valence electrons. The van der Waals surface area contributed by atoms with E-state index in [0.29, 0.717) is 18.8 Å². The summed E-state index contributed by atoms with van der Waals surface area (Å²) >= 11 is 0. The van der Waals surface area contributed by atoms with Crippen molar-refractivity contribution < 1.29 is 13.2 Å². The number of nitrogens with zero attached hydrogens (tertiary/aromatic N) is 1. The third-order valence-electron chi connectivity index (χ3n) is 2.09. The molecule has 0 spiro atoms. The fourth-order valence-corrected chi connectivity index (χ4v) is 1.74. The minimum atomic E-state index is -3.42. The lowest BCUT2D eigenvalue weighted by molar-refractivity contribution is 0.367. The van der Waals surface area contributed by atoms with Gasteiger partial charge in [0.15, 0.2) is 6.61 Å². The Bertz CT molecular complexity index is 523. The first-order chi connectivity index (χ1) is 8.51. The van der Waals surface area contributed by atoms with Crippen molar-refractivity contribution in [1.29, 1.82) is 5.26 Å². The van der Waals surface area contributed by atoms with Crippen molar-refractivity contribution in [3.05, 3.63) is 29.8 Å². The monoisotopic (exact) mass is 269 g/mol. The largest absolute Gasteiger partial charge is 0.479 e. The van der Waals surface area contributed by atoms with Crippen LogP contribution in [-0.4, -0.2) is 27.3 Å². The molecule has 3 N–H and O–H groups in total. The van der Waals surface area contributed by atoms with E-state index in [9.17, 15) is 8.42 Å². The van der Waals surface area contributed by atoms with Crippen molar-refractivity contribution in [2.75, 3.05) is 18.9 Å². The molecule has 0 fully saturated rings. The van der Waals surface area contributed by atoms with Gasteiger partial charge in [0.25, 0.3) is 0 Å². The molecule has 1 aromatic rings. The minimum absolute atomic E-state index is 0.00228. The van der Waals surface area contributed by atoms with Crippen LogP contribution in [0.25, 0.3) is 0 Å². The van der Waals surface area contributed by atoms with Crippen LogP contribution in [0.5, 0.6) is 5.75 Å². The van der Waals surface area contributed by atoms with Gasteiger partial charge < -0.3 is 10.1 Å². The lowest BCUT2D eigenvalue weighted by Gasteiger charge is -2.06. The third-order valence-corrected chi connectivity index (χ3v) is 2.87. The SMILES string of the molecule is N#CCOc1cccc(CNCCS(N)(=O)=O)c1. The zero-order chi connectivity index (χ0) is 13.4. The second-order valence-corrected chi connectivity index (χ2v) is 5.37. The Kier molecular flexibility index (Phi) is 5.58. The molecule has 0 atom stereocenters. The Morgan fingerprint density at radius 3 is 2.89 bits per heavy atom. The molecule has 0 unspecified atom stereocenters. The predicted molar refractivity (Wildman–Crippen MR) is 67.2 cm³/mol. The van der Waals surface area contributed by atoms with Crippen molar-refractivity contribution in [2.24, 2.45) is 5.14 Å². The summed E-state index contributed by atoms with van der Waals surface area (Å²) in [6.07, 6.45) is 0. The fraction of sp³-hybridized carbons (Fsp3) is 0.364. The summed E-state index contributed by atoms with van der Waals surface area (Å²) in [5.74, 6) is 0.514. The molecular weight excluding hydrogens is 254 g/mol. The van der Waals surface area contributed by atoms with Crippen LogP contribution in [0.4, 0.5) is 0 Å². The molecule has 6 nitrogen and oxygen atoms in total. The lowest BCUT2D eigenvalue weighted by atomic mass is 10.2. The predicted octanol–water partition coefficient (Wildman–Crippen LogP) is -0.0329. The van der Waals surface area contributed by atoms with Gasteiger partial charge in [-0.15, -0.1) is 0 Å². The summed E-state index contributed by atoms with van der Waals surface area (Å²) in [7, 11) is -3.42. The zero-order valence-corrected chi connectivity index (χ0v) is 10.6. The molecular formula is C11H15N3O3S. The van der Waals surface area contributed by atoms with Gasteiger partial charge in [0.05, 0.1) is 5.75 Å². The van der Waals surface area contributed by atoms with Crippen LogP contribution in [0.1, 0.15) is 5.56 Å². The molecule has 18 heavy (non-hydrogen) atoms. The average molecular weight is 269 g/mol. The van der Waals surface area contributed by atoms with Gasteiger partial charge in [-0.1, -0.05) is 12.1 Å². The molecule has 0 aliphatic rings. The Balaban J connectivity index is 2.40. The van der Waals surface area contributed by atoms with Gasteiger partial charge in [-0.3, -0.25) is 0 Å². The summed E-state index contributed by atoms with van der Waals surface area (Å²) in [6.45, 7) is 0.809. The highest BCUT2D eigenvalue weighted by atomic mass is 32.2. The van der Waals surface area contributed by atoms with E-state index in [0.717, 1.165) is 5.56 Å². The summed E-state index contributed by atoms with van der Waals surface area (Å²) in [6, 6.07) is 9.12. The molecule has 0 saturated heterocycles. The maximum absolute atomic E-state index is 10.7. The molecule has 0 saturated carbocycles. The number of benzene rings is 1. The Morgan fingerprint density at radius 1 is 1.44 bits per heavy atom. The molecule has 0 heterocycles. The van der Waals surface area contributed by atoms with Crippen molar-refractivity contribution >= 4 is 10.0 Å². The highest BCUT2D eigenvalue weighted by molar-refractivity contribution is 7.89. The maximum atomic E-state index is 10.7. The second-order valence-electron chi connectivity index (χ2n) is 3.64. The second kappa shape index (κ2) is 6.96. The van der Waals surface area contributed by atoms with Gasteiger partial charge in [0.1, 0.15) is 11.8 Å². The first kappa shape index (κ1) is 14.4. The van der Waals surface area contributed by atoms with Crippen molar-refractivity contribution in [3.8, 4) is 11.8 Å². The van der Waals surface area contributed by atoms with Gasteiger partial charge in [-0.05, 0) is 17.7 Å². The summed E-state index contributed by atoms with van der Waals surface area (Å²) in [4.78, 5) is 0. The number of hydrogen-bond acceptors (Lipinski definition) is 5. The van der Waals surface area contributed by atoms with E-state index in [1.807, 2.05) is 18.2 Å². The molecule has 0 aliphatic carbocycles. The van der Waals surface area contributed by atoms with Crippen molar-refractivity contribution in [2.45, 2.75) is 6.54 Å². The number of rotatable bonds is 7. The van der Waals surface area contributed by atoms with Crippen LogP contribution in [0.15, 0.2) is 24.3 Å². The molecule has 0 radical (unpaired) electrons. The van der Waals surface area contributed by atoms with Crippen molar-refractivity contribution in [1.82, 2.24) is 5.32 Å². The van der Waals surface area contributed by atoms with Crippen LogP contribution in [0.2, 0.25) is 0 Å². The van der Waals surface area contributed by atoms with Gasteiger partial charge in [-0.25, -0.2) is 13.6 Å². The average Bonchev–Trinajstić information content (AvgIpc) is 2.31. The lowest BCUT2D eigenvalue weighted by Crippen LogP contribution is -2.26. The normalized spacial score (nSPS) is 10.9. The molecule has 0 amide bonds. The van der Waals surface area contributed by atoms with Crippen LogP contribution in [0, 0.1) is 11.3 Å². The topological polar surface area (TPSA) is 105 Å². The van der Waals surface area contributed by atoms with Crippen LogP contribution in [0.3, 0.4) is 0 Å². The zero-order valence-electron chi connectivity index (χ0n) is 9.80. The number of nitrogens with one attached hydrogen (secondary N) is 1. The Morgan fingerprint density at radius 2 is 2.22 bits per heavy atom. The van der Waals surface area contributed by atoms with Gasteiger partial charge >= 0.3 is 0 Å². The van der Waals surface area contributed by atoms with E-state index in [4.69, 9.17) is 15.1 Å². The van der Waals surface area contributed by atoms with Crippen molar-refractivity contribution in [3.63, 3.8) is 0 Å².